The monoisotopic (exact) mass is 520 g/mol. The maximum atomic E-state index is 13.5. The molecule has 200 valence electrons. The summed E-state index contributed by atoms with van der Waals surface area (Å²) in [6.07, 6.45) is 2.85. The number of non-ortho nitro benzene ring substituents is 1. The lowest BCUT2D eigenvalue weighted by Gasteiger charge is -2.35. The van der Waals surface area contributed by atoms with Crippen LogP contribution in [0.25, 0.3) is 6.08 Å². The molecule has 0 unspecified atom stereocenters. The van der Waals surface area contributed by atoms with Crippen molar-refractivity contribution in [2.24, 2.45) is 17.8 Å². The first-order chi connectivity index (χ1) is 18.2. The van der Waals surface area contributed by atoms with E-state index in [4.69, 9.17) is 0 Å². The summed E-state index contributed by atoms with van der Waals surface area (Å²) < 4.78 is 0. The SMILES string of the molecule is CC/C(=C\c1ccccc1O)CC[C@@H](O)C1=C(C)C[C@H]2C(=O)N(c3cccc([N+](=O)[O-])c3)C(=O)[C@H]2[C@H]1CO. The maximum absolute atomic E-state index is 13.5. The van der Waals surface area contributed by atoms with Gasteiger partial charge in [0.2, 0.25) is 11.8 Å². The highest BCUT2D eigenvalue weighted by molar-refractivity contribution is 6.22. The summed E-state index contributed by atoms with van der Waals surface area (Å²) >= 11 is 0. The minimum absolute atomic E-state index is 0.127. The average molecular weight is 521 g/mol. The molecule has 0 saturated carbocycles. The van der Waals surface area contributed by atoms with Crippen LogP contribution in [0.5, 0.6) is 5.75 Å². The minimum Gasteiger partial charge on any atom is -0.507 e. The number of imide groups is 1. The van der Waals surface area contributed by atoms with Crippen molar-refractivity contribution in [2.75, 3.05) is 11.5 Å². The molecule has 1 aliphatic carbocycles. The number of aromatic hydroxyl groups is 1. The fourth-order valence-corrected chi connectivity index (χ4v) is 5.78. The molecule has 2 aliphatic rings. The van der Waals surface area contributed by atoms with E-state index in [1.807, 2.05) is 32.1 Å². The van der Waals surface area contributed by atoms with Gasteiger partial charge in [-0.05, 0) is 50.3 Å². The van der Waals surface area contributed by atoms with E-state index in [0.717, 1.165) is 22.5 Å². The number of nitro benzene ring substituents is 1. The van der Waals surface area contributed by atoms with Crippen LogP contribution >= 0.6 is 0 Å². The number of hydrogen-bond donors (Lipinski definition) is 3. The summed E-state index contributed by atoms with van der Waals surface area (Å²) in [5.41, 5.74) is 2.96. The number of phenols is 1. The Morgan fingerprint density at radius 1 is 1.18 bits per heavy atom. The predicted molar refractivity (Wildman–Crippen MR) is 142 cm³/mol. The smallest absolute Gasteiger partial charge is 0.271 e. The first-order valence-corrected chi connectivity index (χ1v) is 12.8. The van der Waals surface area contributed by atoms with Gasteiger partial charge in [-0.25, -0.2) is 4.90 Å². The van der Waals surface area contributed by atoms with Gasteiger partial charge < -0.3 is 15.3 Å². The van der Waals surface area contributed by atoms with E-state index in [2.05, 4.69) is 0 Å². The Balaban J connectivity index is 1.56. The van der Waals surface area contributed by atoms with E-state index < -0.39 is 47.2 Å². The van der Waals surface area contributed by atoms with Crippen molar-refractivity contribution in [3.63, 3.8) is 0 Å². The Bertz CT molecular complexity index is 1320. The van der Waals surface area contributed by atoms with Crippen molar-refractivity contribution in [3.8, 4) is 5.75 Å². The number of hydrogen-bond acceptors (Lipinski definition) is 7. The molecule has 2 aromatic carbocycles. The zero-order valence-corrected chi connectivity index (χ0v) is 21.4. The van der Waals surface area contributed by atoms with Crippen LogP contribution < -0.4 is 4.90 Å². The molecule has 1 heterocycles. The van der Waals surface area contributed by atoms with Gasteiger partial charge in [-0.15, -0.1) is 0 Å². The number of allylic oxidation sites excluding steroid dienone is 2. The normalized spacial score (nSPS) is 22.6. The van der Waals surface area contributed by atoms with Crippen molar-refractivity contribution in [1.82, 2.24) is 0 Å². The second-order valence-electron chi connectivity index (χ2n) is 9.92. The number of anilines is 1. The van der Waals surface area contributed by atoms with E-state index >= 15 is 0 Å². The molecule has 3 N–H and O–H groups in total. The van der Waals surface area contributed by atoms with E-state index in [1.165, 1.54) is 24.3 Å². The molecule has 9 nitrogen and oxygen atoms in total. The molecule has 38 heavy (non-hydrogen) atoms. The molecule has 0 bridgehead atoms. The minimum atomic E-state index is -0.929. The van der Waals surface area contributed by atoms with Crippen LogP contribution in [0, 0.1) is 27.9 Å². The Hall–Kier alpha value is -3.82. The highest BCUT2D eigenvalue weighted by Crippen LogP contribution is 2.47. The highest BCUT2D eigenvalue weighted by atomic mass is 16.6. The van der Waals surface area contributed by atoms with Crippen molar-refractivity contribution in [1.29, 1.82) is 0 Å². The lowest BCUT2D eigenvalue weighted by atomic mass is 9.68. The Kier molecular flexibility index (Phi) is 8.08. The number of aliphatic hydroxyl groups is 2. The molecule has 1 fully saturated rings. The van der Waals surface area contributed by atoms with Crippen molar-refractivity contribution < 1.29 is 29.8 Å². The number of aliphatic hydroxyl groups excluding tert-OH is 2. The number of phenolic OH excluding ortho intramolecular Hbond substituents is 1. The number of nitrogens with zero attached hydrogens (tertiary/aromatic N) is 2. The van der Waals surface area contributed by atoms with E-state index in [1.54, 1.807) is 12.1 Å². The largest absolute Gasteiger partial charge is 0.507 e. The summed E-state index contributed by atoms with van der Waals surface area (Å²) in [6.45, 7) is 3.39. The second-order valence-corrected chi connectivity index (χ2v) is 9.92. The molecular weight excluding hydrogens is 488 g/mol. The molecule has 0 aromatic heterocycles. The van der Waals surface area contributed by atoms with E-state index in [-0.39, 0.29) is 23.5 Å². The lowest BCUT2D eigenvalue weighted by Crippen LogP contribution is -2.38. The van der Waals surface area contributed by atoms with Crippen molar-refractivity contribution in [2.45, 2.75) is 45.6 Å². The number of amides is 2. The maximum Gasteiger partial charge on any atom is 0.271 e. The summed E-state index contributed by atoms with van der Waals surface area (Å²) in [6, 6.07) is 12.4. The topological polar surface area (TPSA) is 141 Å². The van der Waals surface area contributed by atoms with Gasteiger partial charge in [0.25, 0.3) is 5.69 Å². The van der Waals surface area contributed by atoms with E-state index in [9.17, 15) is 35.0 Å². The van der Waals surface area contributed by atoms with Gasteiger partial charge in [-0.2, -0.15) is 0 Å². The van der Waals surface area contributed by atoms with Gasteiger partial charge in [0.15, 0.2) is 0 Å². The molecule has 1 aliphatic heterocycles. The molecule has 2 aromatic rings. The van der Waals surface area contributed by atoms with Crippen LogP contribution in [0.2, 0.25) is 0 Å². The van der Waals surface area contributed by atoms with E-state index in [0.29, 0.717) is 24.0 Å². The molecule has 4 rings (SSSR count). The summed E-state index contributed by atoms with van der Waals surface area (Å²) in [7, 11) is 0. The summed E-state index contributed by atoms with van der Waals surface area (Å²) in [4.78, 5) is 38.4. The van der Waals surface area contributed by atoms with Crippen LogP contribution in [0.3, 0.4) is 0 Å². The number of fused-ring (bicyclic) bond motifs is 1. The van der Waals surface area contributed by atoms with Crippen LogP contribution in [0.15, 0.2) is 65.3 Å². The van der Waals surface area contributed by atoms with Gasteiger partial charge in [0.05, 0.1) is 35.2 Å². The Labute approximate surface area is 220 Å². The third-order valence-corrected chi connectivity index (χ3v) is 7.67. The van der Waals surface area contributed by atoms with Gasteiger partial charge in [-0.1, -0.05) is 48.4 Å². The van der Waals surface area contributed by atoms with Crippen LogP contribution in [-0.2, 0) is 9.59 Å². The first kappa shape index (κ1) is 27.2. The molecular formula is C29H32N2O7. The van der Waals surface area contributed by atoms with Crippen LogP contribution in [0.1, 0.15) is 45.1 Å². The first-order valence-electron chi connectivity index (χ1n) is 12.8. The number of para-hydroxylation sites is 1. The number of nitro groups is 1. The predicted octanol–water partition coefficient (Wildman–Crippen LogP) is 4.37. The molecule has 4 atom stereocenters. The van der Waals surface area contributed by atoms with Crippen molar-refractivity contribution >= 4 is 29.3 Å². The fraction of sp³-hybridized carbons (Fsp3) is 0.379. The zero-order valence-electron chi connectivity index (χ0n) is 21.4. The lowest BCUT2D eigenvalue weighted by molar-refractivity contribution is -0.384. The van der Waals surface area contributed by atoms with Crippen LogP contribution in [-0.4, -0.2) is 44.8 Å². The second kappa shape index (κ2) is 11.3. The number of carbonyl (C=O) groups excluding carboxylic acids is 2. The van der Waals surface area contributed by atoms with Gasteiger partial charge in [0, 0.05) is 23.6 Å². The van der Waals surface area contributed by atoms with Gasteiger partial charge >= 0.3 is 0 Å². The molecule has 2 amide bonds. The number of carbonyl (C=O) groups is 2. The Morgan fingerprint density at radius 3 is 2.58 bits per heavy atom. The van der Waals surface area contributed by atoms with Gasteiger partial charge in [-0.3, -0.25) is 19.7 Å². The molecule has 0 radical (unpaired) electrons. The fourth-order valence-electron chi connectivity index (χ4n) is 5.78. The average Bonchev–Trinajstić information content (AvgIpc) is 3.15. The zero-order chi connectivity index (χ0) is 27.6. The molecule has 0 spiro atoms. The quantitative estimate of drug-likeness (QED) is 0.193. The third kappa shape index (κ3) is 5.12. The van der Waals surface area contributed by atoms with Crippen molar-refractivity contribution in [3.05, 3.63) is 80.9 Å². The third-order valence-electron chi connectivity index (χ3n) is 7.67. The molecule has 1 saturated heterocycles. The Morgan fingerprint density at radius 2 is 1.92 bits per heavy atom. The summed E-state index contributed by atoms with van der Waals surface area (Å²) in [5, 5.41) is 42.9. The van der Waals surface area contributed by atoms with Crippen LogP contribution in [0.4, 0.5) is 11.4 Å². The number of benzene rings is 2. The molecule has 9 heteroatoms. The summed E-state index contributed by atoms with van der Waals surface area (Å²) in [5.74, 6) is -3.11. The highest BCUT2D eigenvalue weighted by Gasteiger charge is 2.55. The van der Waals surface area contributed by atoms with Gasteiger partial charge in [0.1, 0.15) is 5.75 Å². The standard InChI is InChI=1S/C29H32N2O7/c1-3-18(14-19-7-4-5-10-24(19)33)11-12-25(34)26-17(2)13-22-27(23(26)16-32)29(36)30(28(22)35)20-8-6-9-21(15-20)31(37)38/h4-10,14-15,22-23,25,27,32-34H,3,11-13,16H2,1-2H3/b18-14+/t22-,23+,25-,27-/m1/s1. The number of rotatable bonds is 9.